The lowest BCUT2D eigenvalue weighted by Crippen LogP contribution is -1.96. The lowest BCUT2D eigenvalue weighted by atomic mass is 10.00. The zero-order valence-electron chi connectivity index (χ0n) is 11.4. The van der Waals surface area contributed by atoms with Crippen LogP contribution < -0.4 is 4.74 Å². The zero-order valence-corrected chi connectivity index (χ0v) is 12.1. The van der Waals surface area contributed by atoms with Gasteiger partial charge in [-0.25, -0.2) is 4.98 Å². The number of hydrogen-bond acceptors (Lipinski definition) is 4. The molecule has 0 aliphatic heterocycles. The molecule has 6 heteroatoms. The van der Waals surface area contributed by atoms with E-state index in [2.05, 4.69) is 26.2 Å². The molecule has 1 N–H and O–H groups in total. The molecule has 102 valence electrons. The first-order chi connectivity index (χ1) is 9.60. The SMILES string of the molecule is COc1cc(C)cc(C)c1-c1nc(Cl)nc2[nH]ncc12. The predicted molar refractivity (Wildman–Crippen MR) is 78.2 cm³/mol. The van der Waals surface area contributed by atoms with Crippen LogP contribution in [0.25, 0.3) is 22.3 Å². The van der Waals surface area contributed by atoms with Crippen LogP contribution in [0.2, 0.25) is 5.28 Å². The fraction of sp³-hybridized carbons (Fsp3) is 0.214. The van der Waals surface area contributed by atoms with E-state index in [9.17, 15) is 0 Å². The van der Waals surface area contributed by atoms with Gasteiger partial charge in [0.05, 0.1) is 24.4 Å². The van der Waals surface area contributed by atoms with Gasteiger partial charge in [0.1, 0.15) is 5.75 Å². The van der Waals surface area contributed by atoms with E-state index in [1.165, 1.54) is 0 Å². The molecular weight excluding hydrogens is 276 g/mol. The van der Waals surface area contributed by atoms with Crippen LogP contribution in [0.4, 0.5) is 0 Å². The van der Waals surface area contributed by atoms with E-state index in [-0.39, 0.29) is 5.28 Å². The zero-order chi connectivity index (χ0) is 14.3. The molecule has 0 bridgehead atoms. The second kappa shape index (κ2) is 4.76. The molecule has 0 aliphatic carbocycles. The molecule has 0 fully saturated rings. The molecule has 2 heterocycles. The average molecular weight is 289 g/mol. The summed E-state index contributed by atoms with van der Waals surface area (Å²) in [7, 11) is 1.65. The average Bonchev–Trinajstić information content (AvgIpc) is 2.85. The van der Waals surface area contributed by atoms with Crippen molar-refractivity contribution in [1.82, 2.24) is 20.2 Å². The molecule has 0 amide bonds. The molecule has 1 aromatic carbocycles. The van der Waals surface area contributed by atoms with Crippen LogP contribution in [0.15, 0.2) is 18.3 Å². The van der Waals surface area contributed by atoms with Gasteiger partial charge in [0.15, 0.2) is 5.65 Å². The monoisotopic (exact) mass is 288 g/mol. The summed E-state index contributed by atoms with van der Waals surface area (Å²) in [5, 5.41) is 7.82. The number of halogens is 1. The summed E-state index contributed by atoms with van der Waals surface area (Å²) in [6.07, 6.45) is 1.69. The highest BCUT2D eigenvalue weighted by Gasteiger charge is 2.17. The van der Waals surface area contributed by atoms with Crippen molar-refractivity contribution in [2.45, 2.75) is 13.8 Å². The molecule has 3 rings (SSSR count). The van der Waals surface area contributed by atoms with Crippen LogP contribution in [0, 0.1) is 13.8 Å². The molecule has 2 aromatic heterocycles. The second-order valence-corrected chi connectivity index (χ2v) is 4.97. The highest BCUT2D eigenvalue weighted by molar-refractivity contribution is 6.28. The summed E-state index contributed by atoms with van der Waals surface area (Å²) in [6.45, 7) is 4.05. The molecule has 0 radical (unpaired) electrons. The minimum Gasteiger partial charge on any atom is -0.496 e. The van der Waals surface area contributed by atoms with Gasteiger partial charge in [-0.3, -0.25) is 5.10 Å². The third-order valence-corrected chi connectivity index (χ3v) is 3.35. The largest absolute Gasteiger partial charge is 0.496 e. The summed E-state index contributed by atoms with van der Waals surface area (Å²) < 4.78 is 5.49. The Morgan fingerprint density at radius 1 is 1.20 bits per heavy atom. The number of nitrogens with zero attached hydrogens (tertiary/aromatic N) is 3. The fourth-order valence-electron chi connectivity index (χ4n) is 2.39. The summed E-state index contributed by atoms with van der Waals surface area (Å²) >= 11 is 6.00. The minimum atomic E-state index is 0.179. The summed E-state index contributed by atoms with van der Waals surface area (Å²) in [5.41, 5.74) is 4.45. The molecule has 3 aromatic rings. The van der Waals surface area contributed by atoms with Gasteiger partial charge in [-0.15, -0.1) is 0 Å². The number of nitrogens with one attached hydrogen (secondary N) is 1. The van der Waals surface area contributed by atoms with Gasteiger partial charge in [0, 0.05) is 5.56 Å². The van der Waals surface area contributed by atoms with E-state index >= 15 is 0 Å². The normalized spacial score (nSPS) is 11.0. The van der Waals surface area contributed by atoms with Crippen LogP contribution >= 0.6 is 11.6 Å². The van der Waals surface area contributed by atoms with Gasteiger partial charge >= 0.3 is 0 Å². The van der Waals surface area contributed by atoms with E-state index < -0.39 is 0 Å². The maximum atomic E-state index is 6.00. The lowest BCUT2D eigenvalue weighted by molar-refractivity contribution is 0.415. The number of ether oxygens (including phenoxy) is 1. The molecule has 0 saturated carbocycles. The van der Waals surface area contributed by atoms with Gasteiger partial charge < -0.3 is 4.74 Å². The number of benzene rings is 1. The minimum absolute atomic E-state index is 0.179. The van der Waals surface area contributed by atoms with Gasteiger partial charge in [-0.05, 0) is 42.6 Å². The van der Waals surface area contributed by atoms with Crippen LogP contribution in [-0.2, 0) is 0 Å². The number of aromatic nitrogens is 4. The number of methoxy groups -OCH3 is 1. The van der Waals surface area contributed by atoms with Gasteiger partial charge in [0.25, 0.3) is 0 Å². The Kier molecular flexibility index (Phi) is 3.06. The standard InChI is InChI=1S/C14H13ClN4O/c1-7-4-8(2)11(10(5-7)20-3)12-9-6-16-19-13(9)18-14(15)17-12/h4-6H,1-3H3,(H,16,17,18,19). The van der Waals surface area contributed by atoms with E-state index in [4.69, 9.17) is 16.3 Å². The van der Waals surface area contributed by atoms with Crippen molar-refractivity contribution in [1.29, 1.82) is 0 Å². The van der Waals surface area contributed by atoms with Crippen molar-refractivity contribution >= 4 is 22.6 Å². The van der Waals surface area contributed by atoms with Gasteiger partial charge in [-0.1, -0.05) is 6.07 Å². The second-order valence-electron chi connectivity index (χ2n) is 4.63. The molecule has 20 heavy (non-hydrogen) atoms. The van der Waals surface area contributed by atoms with Crippen molar-refractivity contribution in [3.63, 3.8) is 0 Å². The van der Waals surface area contributed by atoms with Crippen molar-refractivity contribution in [3.8, 4) is 17.0 Å². The van der Waals surface area contributed by atoms with E-state index in [1.54, 1.807) is 13.3 Å². The fourth-order valence-corrected chi connectivity index (χ4v) is 2.56. The van der Waals surface area contributed by atoms with Crippen molar-refractivity contribution in [2.75, 3.05) is 7.11 Å². The Labute approximate surface area is 121 Å². The molecule has 0 spiro atoms. The number of aryl methyl sites for hydroxylation is 2. The Balaban J connectivity index is 2.39. The van der Waals surface area contributed by atoms with Crippen LogP contribution in [-0.4, -0.2) is 27.3 Å². The first kappa shape index (κ1) is 12.9. The smallest absolute Gasteiger partial charge is 0.224 e. The van der Waals surface area contributed by atoms with E-state index in [0.717, 1.165) is 33.5 Å². The molecule has 0 atom stereocenters. The Morgan fingerprint density at radius 3 is 2.75 bits per heavy atom. The topological polar surface area (TPSA) is 63.7 Å². The molecular formula is C14H13ClN4O. The number of aromatic amines is 1. The first-order valence-corrected chi connectivity index (χ1v) is 6.50. The number of fused-ring (bicyclic) bond motifs is 1. The predicted octanol–water partition coefficient (Wildman–Crippen LogP) is 3.30. The maximum absolute atomic E-state index is 6.00. The van der Waals surface area contributed by atoms with Crippen molar-refractivity contribution in [2.24, 2.45) is 0 Å². The van der Waals surface area contributed by atoms with Crippen LogP contribution in [0.5, 0.6) is 5.75 Å². The quantitative estimate of drug-likeness (QED) is 0.735. The number of H-pyrrole nitrogens is 1. The maximum Gasteiger partial charge on any atom is 0.224 e. The third-order valence-electron chi connectivity index (χ3n) is 3.18. The Morgan fingerprint density at radius 2 is 2.00 bits per heavy atom. The van der Waals surface area contributed by atoms with Crippen LogP contribution in [0.3, 0.4) is 0 Å². The van der Waals surface area contributed by atoms with Crippen molar-refractivity contribution < 1.29 is 4.74 Å². The van der Waals surface area contributed by atoms with Crippen molar-refractivity contribution in [3.05, 3.63) is 34.7 Å². The summed E-state index contributed by atoms with van der Waals surface area (Å²) in [6, 6.07) is 4.06. The highest BCUT2D eigenvalue weighted by atomic mass is 35.5. The molecule has 5 nitrogen and oxygen atoms in total. The van der Waals surface area contributed by atoms with E-state index in [1.807, 2.05) is 19.9 Å². The lowest BCUT2D eigenvalue weighted by Gasteiger charge is -2.13. The summed E-state index contributed by atoms with van der Waals surface area (Å²) in [5.74, 6) is 0.764. The number of hydrogen-bond donors (Lipinski definition) is 1. The van der Waals surface area contributed by atoms with Gasteiger partial charge in [0.2, 0.25) is 5.28 Å². The highest BCUT2D eigenvalue weighted by Crippen LogP contribution is 2.36. The molecule has 0 unspecified atom stereocenters. The van der Waals surface area contributed by atoms with E-state index in [0.29, 0.717) is 5.65 Å². The molecule has 0 aliphatic rings. The Hall–Kier alpha value is -2.14. The molecule has 0 saturated heterocycles. The number of rotatable bonds is 2. The Bertz CT molecular complexity index is 797. The summed E-state index contributed by atoms with van der Waals surface area (Å²) in [4.78, 5) is 8.48. The third kappa shape index (κ3) is 2.00. The van der Waals surface area contributed by atoms with Crippen LogP contribution in [0.1, 0.15) is 11.1 Å². The first-order valence-electron chi connectivity index (χ1n) is 6.12. The van der Waals surface area contributed by atoms with Gasteiger partial charge in [-0.2, -0.15) is 10.1 Å².